The standard InChI is InChI=1S/2C6H7.Ru/c2*1-6-4-2-3-5-6;/h2*2,4H,3H2,1H3;/q2*-1;+2. The maximum atomic E-state index is 3.12. The topological polar surface area (TPSA) is 0 Å². The molecular weight excluding hydrogens is 245 g/mol. The molecule has 0 saturated carbocycles. The summed E-state index contributed by atoms with van der Waals surface area (Å²) in [7, 11) is 0. The molecule has 0 fully saturated rings. The van der Waals surface area contributed by atoms with Gasteiger partial charge in [0.05, 0.1) is 0 Å². The summed E-state index contributed by atoms with van der Waals surface area (Å²) in [6.45, 7) is 4.12. The van der Waals surface area contributed by atoms with Gasteiger partial charge in [0.15, 0.2) is 0 Å². The Kier molecular flexibility index (Phi) is 6.81. The van der Waals surface area contributed by atoms with Crippen molar-refractivity contribution in [1.82, 2.24) is 0 Å². The van der Waals surface area contributed by atoms with E-state index < -0.39 is 0 Å². The quantitative estimate of drug-likeness (QED) is 0.462. The van der Waals surface area contributed by atoms with Gasteiger partial charge in [-0.2, -0.15) is 12.2 Å². The van der Waals surface area contributed by atoms with Crippen LogP contribution in [-0.4, -0.2) is 0 Å². The maximum Gasteiger partial charge on any atom is 2.00 e. The van der Waals surface area contributed by atoms with Gasteiger partial charge >= 0.3 is 19.5 Å². The van der Waals surface area contributed by atoms with E-state index in [1.54, 1.807) is 0 Å². The van der Waals surface area contributed by atoms with Crippen LogP contribution in [-0.2, 0) is 19.5 Å². The van der Waals surface area contributed by atoms with Gasteiger partial charge in [-0.15, -0.1) is 12.8 Å². The van der Waals surface area contributed by atoms with Crippen molar-refractivity contribution >= 4 is 0 Å². The third-order valence-corrected chi connectivity index (χ3v) is 1.73. The molecule has 0 N–H and O–H groups in total. The Balaban J connectivity index is 0.000000206. The Morgan fingerprint density at radius 3 is 1.38 bits per heavy atom. The Hall–Kier alpha value is -0.417. The van der Waals surface area contributed by atoms with Gasteiger partial charge in [-0.3, -0.25) is 12.2 Å². The zero-order valence-electron chi connectivity index (χ0n) is 8.08. The minimum absolute atomic E-state index is 0. The second kappa shape index (κ2) is 7.03. The van der Waals surface area contributed by atoms with Crippen LogP contribution >= 0.6 is 0 Å². The van der Waals surface area contributed by atoms with Gasteiger partial charge in [0.1, 0.15) is 0 Å². The van der Waals surface area contributed by atoms with Crippen molar-refractivity contribution in [2.75, 3.05) is 0 Å². The van der Waals surface area contributed by atoms with E-state index in [2.05, 4.69) is 50.3 Å². The first-order chi connectivity index (χ1) is 5.79. The van der Waals surface area contributed by atoms with Gasteiger partial charge in [-0.25, -0.2) is 23.3 Å². The fourth-order valence-electron chi connectivity index (χ4n) is 1.03. The van der Waals surface area contributed by atoms with Crippen molar-refractivity contribution in [2.45, 2.75) is 26.7 Å². The summed E-state index contributed by atoms with van der Waals surface area (Å²) in [5, 5.41) is 0. The molecule has 2 aliphatic carbocycles. The van der Waals surface area contributed by atoms with Gasteiger partial charge in [0, 0.05) is 0 Å². The molecule has 0 bridgehead atoms. The summed E-state index contributed by atoms with van der Waals surface area (Å²) in [5.41, 5.74) is 2.55. The molecule has 0 atom stereocenters. The minimum Gasteiger partial charge on any atom is -0.270 e. The van der Waals surface area contributed by atoms with Crippen LogP contribution in [0.15, 0.2) is 35.5 Å². The molecule has 1 heteroatoms. The third kappa shape index (κ3) is 5.77. The molecule has 0 nitrogen and oxygen atoms in total. The van der Waals surface area contributed by atoms with Crippen molar-refractivity contribution in [1.29, 1.82) is 0 Å². The molecule has 70 valence electrons. The molecule has 2 aliphatic rings. The predicted molar refractivity (Wildman–Crippen MR) is 52.4 cm³/mol. The van der Waals surface area contributed by atoms with E-state index >= 15 is 0 Å². The van der Waals surface area contributed by atoms with Crippen LogP contribution in [0.2, 0.25) is 0 Å². The van der Waals surface area contributed by atoms with Crippen LogP contribution in [0.3, 0.4) is 0 Å². The Morgan fingerprint density at radius 2 is 1.31 bits per heavy atom. The first-order valence-corrected chi connectivity index (χ1v) is 4.27. The van der Waals surface area contributed by atoms with Gasteiger partial charge in [-0.1, -0.05) is 13.8 Å². The van der Waals surface area contributed by atoms with Crippen LogP contribution < -0.4 is 0 Å². The Bertz CT molecular complexity index is 221. The molecule has 0 spiro atoms. The number of allylic oxidation sites excluding steroid dienone is 8. The first kappa shape index (κ1) is 12.6. The predicted octanol–water partition coefficient (Wildman–Crippen LogP) is 3.39. The summed E-state index contributed by atoms with van der Waals surface area (Å²) in [4.78, 5) is 0. The van der Waals surface area contributed by atoms with Crippen LogP contribution in [0.4, 0.5) is 0 Å². The van der Waals surface area contributed by atoms with E-state index in [1.165, 1.54) is 11.1 Å². The van der Waals surface area contributed by atoms with Crippen LogP contribution in [0, 0.1) is 12.2 Å². The Labute approximate surface area is 93.9 Å². The van der Waals surface area contributed by atoms with E-state index in [0.29, 0.717) is 0 Å². The van der Waals surface area contributed by atoms with Crippen molar-refractivity contribution in [3.8, 4) is 0 Å². The molecule has 0 radical (unpaired) electrons. The second-order valence-electron chi connectivity index (χ2n) is 2.93. The number of rotatable bonds is 0. The fraction of sp³-hybridized carbons (Fsp3) is 0.333. The van der Waals surface area contributed by atoms with Crippen LogP contribution in [0.1, 0.15) is 26.7 Å². The minimum atomic E-state index is 0. The smallest absolute Gasteiger partial charge is 0.270 e. The average molecular weight is 259 g/mol. The van der Waals surface area contributed by atoms with E-state index in [0.717, 1.165) is 12.8 Å². The largest absolute Gasteiger partial charge is 2.00 e. The normalized spacial score (nSPS) is 17.1. The zero-order chi connectivity index (χ0) is 8.81. The molecular formula is C12H14Ru. The summed E-state index contributed by atoms with van der Waals surface area (Å²) in [6.07, 6.45) is 16.7. The summed E-state index contributed by atoms with van der Waals surface area (Å²) in [5.74, 6) is 0. The molecule has 0 unspecified atom stereocenters. The van der Waals surface area contributed by atoms with Gasteiger partial charge in [0.2, 0.25) is 0 Å². The average Bonchev–Trinajstić information content (AvgIpc) is 2.63. The molecule has 13 heavy (non-hydrogen) atoms. The molecule has 0 aromatic rings. The van der Waals surface area contributed by atoms with Crippen molar-refractivity contribution in [3.05, 3.63) is 47.6 Å². The summed E-state index contributed by atoms with van der Waals surface area (Å²) < 4.78 is 0. The van der Waals surface area contributed by atoms with Gasteiger partial charge in [-0.05, 0) is 0 Å². The van der Waals surface area contributed by atoms with Crippen molar-refractivity contribution in [3.63, 3.8) is 0 Å². The Morgan fingerprint density at radius 1 is 0.923 bits per heavy atom. The number of hydrogen-bond acceptors (Lipinski definition) is 0. The van der Waals surface area contributed by atoms with Gasteiger partial charge < -0.3 is 0 Å². The molecule has 0 saturated heterocycles. The first-order valence-electron chi connectivity index (χ1n) is 4.27. The summed E-state index contributed by atoms with van der Waals surface area (Å²) >= 11 is 0. The SMILES string of the molecule is CC1=[C-]CC=C1.CC1=[C-]CC=C1.[Ru+2]. The van der Waals surface area contributed by atoms with E-state index in [-0.39, 0.29) is 19.5 Å². The molecule has 0 aromatic heterocycles. The van der Waals surface area contributed by atoms with Crippen molar-refractivity contribution < 1.29 is 19.5 Å². The van der Waals surface area contributed by atoms with Gasteiger partial charge in [0.25, 0.3) is 0 Å². The van der Waals surface area contributed by atoms with Crippen LogP contribution in [0.25, 0.3) is 0 Å². The monoisotopic (exact) mass is 260 g/mol. The third-order valence-electron chi connectivity index (χ3n) is 1.73. The maximum absolute atomic E-state index is 3.12. The second-order valence-corrected chi connectivity index (χ2v) is 2.93. The zero-order valence-corrected chi connectivity index (χ0v) is 9.82. The molecule has 0 aliphatic heterocycles. The fourth-order valence-corrected chi connectivity index (χ4v) is 1.03. The molecule has 0 aromatic carbocycles. The van der Waals surface area contributed by atoms with Crippen molar-refractivity contribution in [2.24, 2.45) is 0 Å². The molecule has 0 heterocycles. The molecule has 2 rings (SSSR count). The molecule has 0 amide bonds. The van der Waals surface area contributed by atoms with E-state index in [9.17, 15) is 0 Å². The summed E-state index contributed by atoms with van der Waals surface area (Å²) in [6, 6.07) is 0. The van der Waals surface area contributed by atoms with E-state index in [1.807, 2.05) is 0 Å². The van der Waals surface area contributed by atoms with E-state index in [4.69, 9.17) is 0 Å². The van der Waals surface area contributed by atoms with Crippen LogP contribution in [0.5, 0.6) is 0 Å². The number of hydrogen-bond donors (Lipinski definition) is 0.